The van der Waals surface area contributed by atoms with Gasteiger partial charge >= 0.3 is 6.03 Å². The van der Waals surface area contributed by atoms with E-state index in [9.17, 15) is 18.8 Å². The van der Waals surface area contributed by atoms with Crippen molar-refractivity contribution < 1.29 is 28.2 Å². The predicted molar refractivity (Wildman–Crippen MR) is 127 cm³/mol. The van der Waals surface area contributed by atoms with E-state index in [2.05, 4.69) is 21.2 Å². The van der Waals surface area contributed by atoms with E-state index in [0.29, 0.717) is 22.7 Å². The van der Waals surface area contributed by atoms with Crippen molar-refractivity contribution in [1.82, 2.24) is 5.32 Å². The minimum Gasteiger partial charge on any atom is -0.497 e. The van der Waals surface area contributed by atoms with Gasteiger partial charge in [-0.1, -0.05) is 28.1 Å². The highest BCUT2D eigenvalue weighted by atomic mass is 79.9. The Morgan fingerprint density at radius 3 is 2.38 bits per heavy atom. The lowest BCUT2D eigenvalue weighted by molar-refractivity contribution is -0.122. The molecule has 0 aromatic heterocycles. The third kappa shape index (κ3) is 4.99. The Morgan fingerprint density at radius 2 is 1.71 bits per heavy atom. The van der Waals surface area contributed by atoms with E-state index in [0.717, 1.165) is 14.9 Å². The topological polar surface area (TPSA) is 84.9 Å². The Hall–Kier alpha value is -3.98. The van der Waals surface area contributed by atoms with Crippen LogP contribution in [0.4, 0.5) is 14.9 Å². The smallest absolute Gasteiger partial charge is 0.335 e. The molecule has 1 fully saturated rings. The van der Waals surface area contributed by atoms with Crippen LogP contribution in [0.1, 0.15) is 11.1 Å². The van der Waals surface area contributed by atoms with Gasteiger partial charge in [0, 0.05) is 16.1 Å². The van der Waals surface area contributed by atoms with Crippen LogP contribution in [0.2, 0.25) is 0 Å². The number of halogens is 2. The van der Waals surface area contributed by atoms with Gasteiger partial charge in [0.15, 0.2) is 0 Å². The van der Waals surface area contributed by atoms with Crippen LogP contribution in [0.3, 0.4) is 0 Å². The molecule has 0 saturated carbocycles. The number of hydrogen-bond acceptors (Lipinski definition) is 5. The van der Waals surface area contributed by atoms with E-state index in [1.807, 2.05) is 0 Å². The Bertz CT molecular complexity index is 1290. The minimum absolute atomic E-state index is 0.118. The van der Waals surface area contributed by atoms with E-state index >= 15 is 0 Å². The second-order valence-electron chi connectivity index (χ2n) is 7.25. The molecule has 1 aliphatic heterocycles. The molecule has 1 saturated heterocycles. The predicted octanol–water partition coefficient (Wildman–Crippen LogP) is 4.84. The number of barbiturate groups is 1. The van der Waals surface area contributed by atoms with Gasteiger partial charge in [0.1, 0.15) is 29.5 Å². The van der Waals surface area contributed by atoms with E-state index in [1.165, 1.54) is 25.3 Å². The number of benzene rings is 3. The van der Waals surface area contributed by atoms with Gasteiger partial charge in [-0.05, 0) is 60.2 Å². The monoisotopic (exact) mass is 524 g/mol. The third-order valence-electron chi connectivity index (χ3n) is 5.01. The fourth-order valence-corrected chi connectivity index (χ4v) is 3.53. The fraction of sp³-hybridized carbons (Fsp3) is 0.0800. The number of nitrogens with one attached hydrogen (secondary N) is 1. The molecular formula is C25H18BrFN2O5. The Balaban J connectivity index is 1.67. The third-order valence-corrected chi connectivity index (χ3v) is 5.54. The number of anilines is 1. The van der Waals surface area contributed by atoms with Gasteiger partial charge in [0.25, 0.3) is 11.8 Å². The van der Waals surface area contributed by atoms with Crippen molar-refractivity contribution >= 4 is 45.5 Å². The lowest BCUT2D eigenvalue weighted by Gasteiger charge is -2.26. The lowest BCUT2D eigenvalue weighted by atomic mass is 10.1. The number of nitrogens with zero attached hydrogens (tertiary/aromatic N) is 1. The van der Waals surface area contributed by atoms with Gasteiger partial charge in [-0.25, -0.2) is 14.1 Å². The average Bonchev–Trinajstić information content (AvgIpc) is 2.83. The number of urea groups is 1. The molecule has 0 bridgehead atoms. The summed E-state index contributed by atoms with van der Waals surface area (Å²) in [6, 6.07) is 16.4. The standard InChI is InChI=1S/C25H18BrFN2O5/c1-33-20-11-4-16(22(13-20)34-14-15-2-7-18(27)8-3-15)12-21-23(30)28-25(32)29(24(21)31)19-9-5-17(26)6-10-19/h2-13H,14H2,1H3,(H,28,30,32)/b21-12+. The van der Waals surface area contributed by atoms with Crippen LogP contribution >= 0.6 is 15.9 Å². The second kappa shape index (κ2) is 9.88. The maximum absolute atomic E-state index is 13.2. The van der Waals surface area contributed by atoms with E-state index in [4.69, 9.17) is 9.47 Å². The van der Waals surface area contributed by atoms with Crippen molar-refractivity contribution in [3.63, 3.8) is 0 Å². The molecule has 7 nitrogen and oxygen atoms in total. The molecule has 3 aromatic rings. The van der Waals surface area contributed by atoms with Crippen LogP contribution in [0.15, 0.2) is 76.8 Å². The summed E-state index contributed by atoms with van der Waals surface area (Å²) in [5.74, 6) is -1.10. The number of carbonyl (C=O) groups excluding carboxylic acids is 3. The van der Waals surface area contributed by atoms with E-state index in [1.54, 1.807) is 54.6 Å². The zero-order chi connectivity index (χ0) is 24.2. The summed E-state index contributed by atoms with van der Waals surface area (Å²) in [5, 5.41) is 2.19. The van der Waals surface area contributed by atoms with Gasteiger partial charge in [0.05, 0.1) is 12.8 Å². The van der Waals surface area contributed by atoms with Crippen molar-refractivity contribution in [1.29, 1.82) is 0 Å². The summed E-state index contributed by atoms with van der Waals surface area (Å²) in [5.41, 5.74) is 1.22. The molecule has 34 heavy (non-hydrogen) atoms. The van der Waals surface area contributed by atoms with Gasteiger partial charge in [0.2, 0.25) is 0 Å². The Kier molecular flexibility index (Phi) is 6.74. The van der Waals surface area contributed by atoms with Crippen LogP contribution in [-0.4, -0.2) is 25.0 Å². The van der Waals surface area contributed by atoms with Crippen molar-refractivity contribution in [2.24, 2.45) is 0 Å². The van der Waals surface area contributed by atoms with Crippen molar-refractivity contribution in [3.05, 3.63) is 93.7 Å². The number of methoxy groups -OCH3 is 1. The van der Waals surface area contributed by atoms with Gasteiger partial charge < -0.3 is 9.47 Å². The Morgan fingerprint density at radius 1 is 1.00 bits per heavy atom. The number of amides is 4. The number of ether oxygens (including phenoxy) is 2. The van der Waals surface area contributed by atoms with Gasteiger partial charge in [-0.2, -0.15) is 0 Å². The minimum atomic E-state index is -0.836. The molecule has 1 heterocycles. The molecule has 0 aliphatic carbocycles. The maximum Gasteiger partial charge on any atom is 0.335 e. The summed E-state index contributed by atoms with van der Waals surface area (Å²) in [6.45, 7) is 0.118. The molecule has 4 rings (SSSR count). The molecule has 4 amide bonds. The summed E-state index contributed by atoms with van der Waals surface area (Å²) < 4.78 is 25.1. The lowest BCUT2D eigenvalue weighted by Crippen LogP contribution is -2.54. The van der Waals surface area contributed by atoms with Crippen LogP contribution in [0.5, 0.6) is 11.5 Å². The SMILES string of the molecule is COc1ccc(/C=C2\C(=O)NC(=O)N(c3ccc(Br)cc3)C2=O)c(OCc2ccc(F)cc2)c1. The molecule has 0 radical (unpaired) electrons. The first-order valence-corrected chi connectivity index (χ1v) is 10.9. The van der Waals surface area contributed by atoms with Crippen LogP contribution in [0.25, 0.3) is 6.08 Å². The summed E-state index contributed by atoms with van der Waals surface area (Å²) in [7, 11) is 1.50. The largest absolute Gasteiger partial charge is 0.497 e. The molecular weight excluding hydrogens is 507 g/mol. The molecule has 3 aromatic carbocycles. The molecule has 1 aliphatic rings. The normalized spacial score (nSPS) is 14.9. The number of rotatable bonds is 6. The first kappa shape index (κ1) is 23.2. The number of hydrogen-bond donors (Lipinski definition) is 1. The maximum atomic E-state index is 13.2. The molecule has 0 spiro atoms. The molecule has 9 heteroatoms. The zero-order valence-electron chi connectivity index (χ0n) is 17.9. The summed E-state index contributed by atoms with van der Waals surface area (Å²) in [6.07, 6.45) is 1.36. The number of carbonyl (C=O) groups is 3. The first-order valence-electron chi connectivity index (χ1n) is 10.1. The van der Waals surface area contributed by atoms with Crippen LogP contribution in [-0.2, 0) is 16.2 Å². The molecule has 0 atom stereocenters. The number of imide groups is 2. The van der Waals surface area contributed by atoms with E-state index in [-0.39, 0.29) is 18.0 Å². The second-order valence-corrected chi connectivity index (χ2v) is 8.17. The Labute approximate surface area is 202 Å². The van der Waals surface area contributed by atoms with Crippen LogP contribution in [0, 0.1) is 5.82 Å². The van der Waals surface area contributed by atoms with Crippen molar-refractivity contribution in [2.45, 2.75) is 6.61 Å². The van der Waals surface area contributed by atoms with Crippen molar-refractivity contribution in [3.8, 4) is 11.5 Å². The van der Waals surface area contributed by atoms with E-state index < -0.39 is 17.8 Å². The molecule has 1 N–H and O–H groups in total. The first-order chi connectivity index (χ1) is 16.4. The summed E-state index contributed by atoms with van der Waals surface area (Å²) >= 11 is 3.31. The quantitative estimate of drug-likeness (QED) is 0.368. The van der Waals surface area contributed by atoms with Gasteiger partial charge in [-0.3, -0.25) is 14.9 Å². The highest BCUT2D eigenvalue weighted by molar-refractivity contribution is 9.10. The zero-order valence-corrected chi connectivity index (χ0v) is 19.5. The van der Waals surface area contributed by atoms with Gasteiger partial charge in [-0.15, -0.1) is 0 Å². The fourth-order valence-electron chi connectivity index (χ4n) is 3.27. The molecule has 0 unspecified atom stereocenters. The average molecular weight is 525 g/mol. The van der Waals surface area contributed by atoms with Crippen LogP contribution < -0.4 is 19.7 Å². The summed E-state index contributed by atoms with van der Waals surface area (Å²) in [4.78, 5) is 39.0. The highest BCUT2D eigenvalue weighted by Gasteiger charge is 2.37. The highest BCUT2D eigenvalue weighted by Crippen LogP contribution is 2.30. The van der Waals surface area contributed by atoms with Crippen molar-refractivity contribution in [2.75, 3.05) is 12.0 Å². The molecule has 172 valence electrons.